The van der Waals surface area contributed by atoms with Crippen molar-refractivity contribution in [1.82, 2.24) is 0 Å². The number of methoxy groups -OCH3 is 1. The highest BCUT2D eigenvalue weighted by atomic mass is 16.5. The van der Waals surface area contributed by atoms with Gasteiger partial charge in [-0.2, -0.15) is 0 Å². The van der Waals surface area contributed by atoms with Crippen molar-refractivity contribution < 1.29 is 14.3 Å². The van der Waals surface area contributed by atoms with Crippen molar-refractivity contribution in [2.75, 3.05) is 20.3 Å². The van der Waals surface area contributed by atoms with Crippen molar-refractivity contribution in [1.29, 1.82) is 0 Å². The van der Waals surface area contributed by atoms with E-state index in [0.717, 1.165) is 0 Å². The van der Waals surface area contributed by atoms with E-state index >= 15 is 0 Å². The van der Waals surface area contributed by atoms with E-state index < -0.39 is 0 Å². The van der Waals surface area contributed by atoms with Crippen LogP contribution in [-0.2, 0) is 14.3 Å². The maximum atomic E-state index is 10.4. The molecule has 0 spiro atoms. The fourth-order valence-electron chi connectivity index (χ4n) is 0.360. The first-order valence-corrected chi connectivity index (χ1v) is 2.75. The number of ether oxygens (including phenoxy) is 2. The van der Waals surface area contributed by atoms with Gasteiger partial charge in [0.1, 0.15) is 0 Å². The van der Waals surface area contributed by atoms with E-state index in [-0.39, 0.29) is 5.97 Å². The second-order valence-electron chi connectivity index (χ2n) is 1.44. The number of carbonyl (C=O) groups is 1. The van der Waals surface area contributed by atoms with E-state index in [1.165, 1.54) is 7.11 Å². The molecular formula is C6H11O3. The molecule has 0 aromatic carbocycles. The van der Waals surface area contributed by atoms with Gasteiger partial charge in [0.05, 0.1) is 20.1 Å². The molecular weight excluding hydrogens is 120 g/mol. The SMILES string of the molecule is [CH2]COCCC(=O)OC. The van der Waals surface area contributed by atoms with Crippen LogP contribution in [0.5, 0.6) is 0 Å². The normalized spacial score (nSPS) is 9.11. The van der Waals surface area contributed by atoms with E-state index in [4.69, 9.17) is 4.74 Å². The van der Waals surface area contributed by atoms with Gasteiger partial charge in [-0.05, 0) is 6.92 Å². The highest BCUT2D eigenvalue weighted by Crippen LogP contribution is 1.84. The van der Waals surface area contributed by atoms with Crippen LogP contribution < -0.4 is 0 Å². The van der Waals surface area contributed by atoms with Crippen LogP contribution in [0.3, 0.4) is 0 Å². The number of hydrogen-bond donors (Lipinski definition) is 0. The molecule has 0 heterocycles. The Morgan fingerprint density at radius 1 is 1.67 bits per heavy atom. The maximum absolute atomic E-state index is 10.4. The van der Waals surface area contributed by atoms with Gasteiger partial charge in [0.25, 0.3) is 0 Å². The van der Waals surface area contributed by atoms with Crippen LogP contribution in [0.4, 0.5) is 0 Å². The number of hydrogen-bond acceptors (Lipinski definition) is 3. The molecule has 0 bridgehead atoms. The molecule has 1 radical (unpaired) electrons. The first-order chi connectivity index (χ1) is 4.31. The predicted molar refractivity (Wildman–Crippen MR) is 32.8 cm³/mol. The van der Waals surface area contributed by atoms with Gasteiger partial charge in [0, 0.05) is 6.61 Å². The fraction of sp³-hybridized carbons (Fsp3) is 0.667. The summed E-state index contributed by atoms with van der Waals surface area (Å²) in [5, 5.41) is 0. The zero-order valence-corrected chi connectivity index (χ0v) is 5.55. The summed E-state index contributed by atoms with van der Waals surface area (Å²) in [5.41, 5.74) is 0. The van der Waals surface area contributed by atoms with Crippen LogP contribution in [-0.4, -0.2) is 26.3 Å². The van der Waals surface area contributed by atoms with Crippen molar-refractivity contribution in [2.24, 2.45) is 0 Å². The van der Waals surface area contributed by atoms with Crippen molar-refractivity contribution in [3.05, 3.63) is 6.92 Å². The largest absolute Gasteiger partial charge is 0.469 e. The summed E-state index contributed by atoms with van der Waals surface area (Å²) >= 11 is 0. The van der Waals surface area contributed by atoms with Crippen molar-refractivity contribution >= 4 is 5.97 Å². The Morgan fingerprint density at radius 3 is 2.78 bits per heavy atom. The molecule has 53 valence electrons. The molecule has 0 amide bonds. The number of carbonyl (C=O) groups excluding carboxylic acids is 1. The quantitative estimate of drug-likeness (QED) is 0.409. The van der Waals surface area contributed by atoms with Gasteiger partial charge in [-0.25, -0.2) is 0 Å². The second-order valence-corrected chi connectivity index (χ2v) is 1.44. The minimum Gasteiger partial charge on any atom is -0.469 e. The highest BCUT2D eigenvalue weighted by Gasteiger charge is 1.96. The Bertz CT molecular complexity index is 80.4. The van der Waals surface area contributed by atoms with Gasteiger partial charge in [0.2, 0.25) is 0 Å². The summed E-state index contributed by atoms with van der Waals surface area (Å²) in [6.07, 6.45) is 0.312. The zero-order chi connectivity index (χ0) is 7.11. The molecule has 3 nitrogen and oxygen atoms in total. The Labute approximate surface area is 55.0 Å². The average Bonchev–Trinajstić information content (AvgIpc) is 1.89. The highest BCUT2D eigenvalue weighted by molar-refractivity contribution is 5.69. The summed E-state index contributed by atoms with van der Waals surface area (Å²) in [7, 11) is 1.35. The molecule has 0 fully saturated rings. The lowest BCUT2D eigenvalue weighted by atomic mass is 10.5. The van der Waals surface area contributed by atoms with Gasteiger partial charge >= 0.3 is 5.97 Å². The molecule has 0 aromatic rings. The van der Waals surface area contributed by atoms with Crippen molar-refractivity contribution in [3.8, 4) is 0 Å². The maximum Gasteiger partial charge on any atom is 0.307 e. The topological polar surface area (TPSA) is 35.5 Å². The van der Waals surface area contributed by atoms with Gasteiger partial charge in [0.15, 0.2) is 0 Å². The van der Waals surface area contributed by atoms with Gasteiger partial charge < -0.3 is 9.47 Å². The summed E-state index contributed by atoms with van der Waals surface area (Å²) in [6.45, 7) is 4.23. The van der Waals surface area contributed by atoms with Crippen LogP contribution in [0.15, 0.2) is 0 Å². The standard InChI is InChI=1S/C6H11O3/c1-3-9-5-4-6(7)8-2/h1,3-5H2,2H3. The van der Waals surface area contributed by atoms with Gasteiger partial charge in [-0.1, -0.05) is 0 Å². The second kappa shape index (κ2) is 5.56. The van der Waals surface area contributed by atoms with Crippen LogP contribution in [0.1, 0.15) is 6.42 Å². The van der Waals surface area contributed by atoms with Crippen molar-refractivity contribution in [2.45, 2.75) is 6.42 Å². The Balaban J connectivity index is 2.97. The lowest BCUT2D eigenvalue weighted by molar-refractivity contribution is -0.141. The van der Waals surface area contributed by atoms with Crippen LogP contribution in [0.2, 0.25) is 0 Å². The van der Waals surface area contributed by atoms with E-state index in [9.17, 15) is 4.79 Å². The van der Waals surface area contributed by atoms with E-state index in [2.05, 4.69) is 11.7 Å². The van der Waals surface area contributed by atoms with Crippen LogP contribution >= 0.6 is 0 Å². The molecule has 9 heavy (non-hydrogen) atoms. The average molecular weight is 131 g/mol. The summed E-state index contributed by atoms with van der Waals surface area (Å²) in [4.78, 5) is 10.4. The lowest BCUT2D eigenvalue weighted by Crippen LogP contribution is -2.05. The molecule has 0 saturated carbocycles. The Kier molecular flexibility index (Phi) is 5.21. The first-order valence-electron chi connectivity index (χ1n) is 2.75. The van der Waals surface area contributed by atoms with Crippen LogP contribution in [0, 0.1) is 6.92 Å². The summed E-state index contributed by atoms with van der Waals surface area (Å²) in [6, 6.07) is 0. The third-order valence-corrected chi connectivity index (χ3v) is 0.823. The Morgan fingerprint density at radius 2 is 2.33 bits per heavy atom. The monoisotopic (exact) mass is 131 g/mol. The molecule has 0 saturated heterocycles. The summed E-state index contributed by atoms with van der Waals surface area (Å²) in [5.74, 6) is -0.247. The molecule has 0 rings (SSSR count). The van der Waals surface area contributed by atoms with Crippen LogP contribution in [0.25, 0.3) is 0 Å². The lowest BCUT2D eigenvalue weighted by Gasteiger charge is -1.97. The van der Waals surface area contributed by atoms with E-state index in [1.54, 1.807) is 0 Å². The molecule has 0 atom stereocenters. The molecule has 0 aliphatic heterocycles. The molecule has 0 aliphatic rings. The minimum atomic E-state index is -0.247. The minimum absolute atomic E-state index is 0.247. The zero-order valence-electron chi connectivity index (χ0n) is 5.55. The smallest absolute Gasteiger partial charge is 0.307 e. The third kappa shape index (κ3) is 5.30. The van der Waals surface area contributed by atoms with Crippen molar-refractivity contribution in [3.63, 3.8) is 0 Å². The number of rotatable bonds is 4. The van der Waals surface area contributed by atoms with Gasteiger partial charge in [-0.15, -0.1) is 0 Å². The van der Waals surface area contributed by atoms with E-state index in [1.807, 2.05) is 0 Å². The Hall–Kier alpha value is -0.570. The fourth-order valence-corrected chi connectivity index (χ4v) is 0.360. The molecule has 3 heteroatoms. The molecule has 0 N–H and O–H groups in total. The summed E-state index contributed by atoms with van der Waals surface area (Å²) < 4.78 is 9.15. The number of esters is 1. The molecule has 0 unspecified atom stereocenters. The first kappa shape index (κ1) is 8.43. The molecule has 0 aliphatic carbocycles. The third-order valence-electron chi connectivity index (χ3n) is 0.823. The van der Waals surface area contributed by atoms with E-state index in [0.29, 0.717) is 19.6 Å². The van der Waals surface area contributed by atoms with Gasteiger partial charge in [-0.3, -0.25) is 4.79 Å². The molecule has 0 aromatic heterocycles. The predicted octanol–water partition coefficient (Wildman–Crippen LogP) is 0.400.